The third-order valence-corrected chi connectivity index (χ3v) is 6.78. The highest BCUT2D eigenvalue weighted by Gasteiger charge is 2.25. The number of nitrogens with zero attached hydrogens (tertiary/aromatic N) is 3. The molecule has 3 aromatic rings. The second-order valence-corrected chi connectivity index (χ2v) is 10.4. The summed E-state index contributed by atoms with van der Waals surface area (Å²) >= 11 is 7.53. The van der Waals surface area contributed by atoms with Crippen molar-refractivity contribution in [1.82, 2.24) is 20.1 Å². The van der Waals surface area contributed by atoms with Crippen molar-refractivity contribution in [2.45, 2.75) is 51.9 Å². The molecule has 7 nitrogen and oxygen atoms in total. The van der Waals surface area contributed by atoms with Gasteiger partial charge in [-0.05, 0) is 49.9 Å². The smallest absolute Gasteiger partial charge is 0.253 e. The lowest BCUT2D eigenvalue weighted by Gasteiger charge is -2.21. The molecule has 0 fully saturated rings. The van der Waals surface area contributed by atoms with Crippen LogP contribution >= 0.6 is 23.4 Å². The van der Waals surface area contributed by atoms with Crippen LogP contribution in [0.5, 0.6) is 0 Å². The first-order valence-corrected chi connectivity index (χ1v) is 13.1. The molecule has 2 N–H and O–H groups in total. The summed E-state index contributed by atoms with van der Waals surface area (Å²) in [5.74, 6) is 0.661. The van der Waals surface area contributed by atoms with E-state index < -0.39 is 0 Å². The summed E-state index contributed by atoms with van der Waals surface area (Å²) in [7, 11) is 0. The fourth-order valence-corrected chi connectivity index (χ4v) is 4.79. The lowest BCUT2D eigenvalue weighted by atomic mass is 10.0. The van der Waals surface area contributed by atoms with Gasteiger partial charge in [0.2, 0.25) is 5.91 Å². The van der Waals surface area contributed by atoms with Gasteiger partial charge in [0.05, 0.1) is 22.4 Å². The van der Waals surface area contributed by atoms with Crippen LogP contribution in [0.1, 0.15) is 53.6 Å². The Hall–Kier alpha value is -3.10. The Morgan fingerprint density at radius 1 is 1.17 bits per heavy atom. The van der Waals surface area contributed by atoms with Crippen molar-refractivity contribution in [3.8, 4) is 0 Å². The van der Waals surface area contributed by atoms with Gasteiger partial charge in [0.25, 0.3) is 5.91 Å². The molecule has 3 rings (SSSR count). The van der Waals surface area contributed by atoms with Crippen LogP contribution in [0.25, 0.3) is 0 Å². The van der Waals surface area contributed by atoms with Crippen molar-refractivity contribution < 1.29 is 9.59 Å². The summed E-state index contributed by atoms with van der Waals surface area (Å²) in [4.78, 5) is 25.6. The fourth-order valence-electron chi connectivity index (χ4n) is 3.82. The first-order chi connectivity index (χ1) is 17.2. The van der Waals surface area contributed by atoms with Crippen LogP contribution in [0.2, 0.25) is 5.02 Å². The molecule has 2 aromatic carbocycles. The van der Waals surface area contributed by atoms with Crippen molar-refractivity contribution in [2.24, 2.45) is 5.92 Å². The Morgan fingerprint density at radius 3 is 2.58 bits per heavy atom. The molecule has 1 atom stereocenters. The summed E-state index contributed by atoms with van der Waals surface area (Å²) in [6.07, 6.45) is 2.40. The van der Waals surface area contributed by atoms with Crippen molar-refractivity contribution in [3.05, 3.63) is 82.7 Å². The third kappa shape index (κ3) is 7.21. The van der Waals surface area contributed by atoms with Gasteiger partial charge in [-0.2, -0.15) is 0 Å². The molecule has 0 bridgehead atoms. The molecule has 36 heavy (non-hydrogen) atoms. The zero-order chi connectivity index (χ0) is 26.2. The van der Waals surface area contributed by atoms with Gasteiger partial charge < -0.3 is 15.2 Å². The number of benzene rings is 2. The quantitative estimate of drug-likeness (QED) is 0.237. The van der Waals surface area contributed by atoms with Gasteiger partial charge in [0.15, 0.2) is 11.0 Å². The summed E-state index contributed by atoms with van der Waals surface area (Å²) in [6, 6.07) is 12.4. The van der Waals surface area contributed by atoms with E-state index in [0.717, 1.165) is 16.8 Å². The summed E-state index contributed by atoms with van der Waals surface area (Å²) in [5, 5.41) is 15.7. The number of allylic oxidation sites excluding steroid dienone is 1. The van der Waals surface area contributed by atoms with Gasteiger partial charge in [0, 0.05) is 12.2 Å². The van der Waals surface area contributed by atoms with E-state index in [1.54, 1.807) is 30.3 Å². The molecule has 1 heterocycles. The van der Waals surface area contributed by atoms with Crippen molar-refractivity contribution in [1.29, 1.82) is 0 Å². The molecule has 0 unspecified atom stereocenters. The summed E-state index contributed by atoms with van der Waals surface area (Å²) < 4.78 is 1.89. The molecule has 0 saturated carbocycles. The van der Waals surface area contributed by atoms with Crippen LogP contribution in [0, 0.1) is 19.8 Å². The lowest BCUT2D eigenvalue weighted by molar-refractivity contribution is -0.113. The fraction of sp³-hybridized carbons (Fsp3) is 0.333. The maximum Gasteiger partial charge on any atom is 0.253 e. The van der Waals surface area contributed by atoms with Gasteiger partial charge in [-0.1, -0.05) is 73.1 Å². The highest BCUT2D eigenvalue weighted by atomic mass is 35.5. The number of carbonyl (C=O) groups is 2. The SMILES string of the molecule is C=CCn1c(SCC(=O)Nc2ccc(C)cc2C)nnc1[C@@H](CC(C)C)NC(=O)c1ccccc1Cl. The first kappa shape index (κ1) is 27.5. The predicted molar refractivity (Wildman–Crippen MR) is 147 cm³/mol. The van der Waals surface area contributed by atoms with Crippen LogP contribution in [0.15, 0.2) is 60.3 Å². The number of aromatic nitrogens is 3. The van der Waals surface area contributed by atoms with Gasteiger partial charge in [-0.15, -0.1) is 16.8 Å². The molecule has 0 aliphatic carbocycles. The number of aryl methyl sites for hydroxylation is 2. The standard InChI is InChI=1S/C27H32ClN5O2S/c1-6-13-33-25(23(14-17(2)3)30-26(35)20-9-7-8-10-21(20)28)31-32-27(33)36-16-24(34)29-22-12-11-18(4)15-19(22)5/h6-12,15,17,23H,1,13-14,16H2,2-5H3,(H,29,34)(H,30,35)/t23-/m1/s1. The minimum atomic E-state index is -0.389. The second kappa shape index (κ2) is 12.7. The molecule has 2 amide bonds. The van der Waals surface area contributed by atoms with Crippen LogP contribution < -0.4 is 10.6 Å². The van der Waals surface area contributed by atoms with E-state index in [0.29, 0.717) is 34.5 Å². The molecule has 190 valence electrons. The molecule has 0 saturated heterocycles. The highest BCUT2D eigenvalue weighted by Crippen LogP contribution is 2.26. The minimum absolute atomic E-state index is 0.132. The largest absolute Gasteiger partial charge is 0.342 e. The number of thioether (sulfide) groups is 1. The maximum absolute atomic E-state index is 13.0. The lowest BCUT2D eigenvalue weighted by Crippen LogP contribution is -2.32. The number of carbonyl (C=O) groups excluding carboxylic acids is 2. The molecule has 0 spiro atoms. The number of hydrogen-bond acceptors (Lipinski definition) is 5. The average molecular weight is 526 g/mol. The van der Waals surface area contributed by atoms with Crippen molar-refractivity contribution in [3.63, 3.8) is 0 Å². The minimum Gasteiger partial charge on any atom is -0.342 e. The van der Waals surface area contributed by atoms with Crippen molar-refractivity contribution >= 4 is 40.9 Å². The van der Waals surface area contributed by atoms with Gasteiger partial charge >= 0.3 is 0 Å². The Bertz CT molecular complexity index is 1240. The first-order valence-electron chi connectivity index (χ1n) is 11.8. The molecule has 0 aliphatic heterocycles. The monoisotopic (exact) mass is 525 g/mol. The number of anilines is 1. The molecule has 9 heteroatoms. The van der Waals surface area contributed by atoms with Gasteiger partial charge in [-0.25, -0.2) is 0 Å². The highest BCUT2D eigenvalue weighted by molar-refractivity contribution is 7.99. The van der Waals surface area contributed by atoms with E-state index in [4.69, 9.17) is 11.6 Å². The normalized spacial score (nSPS) is 11.8. The second-order valence-electron chi connectivity index (χ2n) is 9.03. The van der Waals surface area contributed by atoms with E-state index >= 15 is 0 Å². The van der Waals surface area contributed by atoms with Gasteiger partial charge in [0.1, 0.15) is 0 Å². The maximum atomic E-state index is 13.0. The Balaban J connectivity index is 1.78. The molecule has 0 aliphatic rings. The number of nitrogens with one attached hydrogen (secondary N) is 2. The van der Waals surface area contributed by atoms with E-state index in [2.05, 4.69) is 41.3 Å². The van der Waals surface area contributed by atoms with Crippen LogP contribution in [0.3, 0.4) is 0 Å². The zero-order valence-electron chi connectivity index (χ0n) is 21.0. The third-order valence-electron chi connectivity index (χ3n) is 5.49. The van der Waals surface area contributed by atoms with E-state index in [1.165, 1.54) is 11.8 Å². The Labute approximate surface area is 221 Å². The Kier molecular flexibility index (Phi) is 9.73. The van der Waals surface area contributed by atoms with E-state index in [9.17, 15) is 9.59 Å². The van der Waals surface area contributed by atoms with Gasteiger partial charge in [-0.3, -0.25) is 9.59 Å². The predicted octanol–water partition coefficient (Wildman–Crippen LogP) is 5.98. The summed E-state index contributed by atoms with van der Waals surface area (Å²) in [5.41, 5.74) is 3.35. The number of halogens is 1. The van der Waals surface area contributed by atoms with Crippen LogP contribution in [0.4, 0.5) is 5.69 Å². The average Bonchev–Trinajstić information content (AvgIpc) is 3.22. The Morgan fingerprint density at radius 2 is 1.92 bits per heavy atom. The van der Waals surface area contributed by atoms with E-state index in [-0.39, 0.29) is 29.5 Å². The molecular weight excluding hydrogens is 494 g/mol. The van der Waals surface area contributed by atoms with E-state index in [1.807, 2.05) is 36.6 Å². The topological polar surface area (TPSA) is 88.9 Å². The van der Waals surface area contributed by atoms with Crippen LogP contribution in [-0.2, 0) is 11.3 Å². The van der Waals surface area contributed by atoms with Crippen molar-refractivity contribution in [2.75, 3.05) is 11.1 Å². The molecular formula is C27H32ClN5O2S. The molecule has 1 aromatic heterocycles. The van der Waals surface area contributed by atoms with Crippen LogP contribution in [-0.4, -0.2) is 32.3 Å². The number of rotatable bonds is 11. The number of hydrogen-bond donors (Lipinski definition) is 2. The summed E-state index contributed by atoms with van der Waals surface area (Å²) in [6.45, 7) is 12.4. The molecule has 0 radical (unpaired) electrons. The zero-order valence-corrected chi connectivity index (χ0v) is 22.6. The number of amides is 2.